The maximum Gasteiger partial charge on any atom is 0.0110 e. The molecule has 2 N–H and O–H groups in total. The predicted molar refractivity (Wildman–Crippen MR) is 58.3 cm³/mol. The molecule has 1 heterocycles. The zero-order valence-electron chi connectivity index (χ0n) is 7.92. The van der Waals surface area contributed by atoms with E-state index in [1.165, 1.54) is 21.8 Å². The molecule has 0 aromatic heterocycles. The van der Waals surface area contributed by atoms with Crippen LogP contribution in [0.1, 0.15) is 24.0 Å². The molecule has 0 bridgehead atoms. The first kappa shape index (κ1) is 9.10. The van der Waals surface area contributed by atoms with Gasteiger partial charge in [0.05, 0.1) is 0 Å². The minimum absolute atomic E-state index is 0.729. The topological polar surface area (TPSA) is 26.0 Å². The molecule has 0 saturated carbocycles. The summed E-state index contributed by atoms with van der Waals surface area (Å²) in [4.78, 5) is 1.47. The van der Waals surface area contributed by atoms with Gasteiger partial charge >= 0.3 is 0 Å². The quantitative estimate of drug-likeness (QED) is 0.780. The van der Waals surface area contributed by atoms with E-state index in [1.807, 2.05) is 11.8 Å². The third kappa shape index (κ3) is 1.74. The fourth-order valence-electron chi connectivity index (χ4n) is 1.74. The second-order valence-electron chi connectivity index (χ2n) is 3.62. The van der Waals surface area contributed by atoms with Gasteiger partial charge in [0.25, 0.3) is 0 Å². The highest BCUT2D eigenvalue weighted by atomic mass is 32.2. The monoisotopic (exact) mass is 193 g/mol. The summed E-state index contributed by atoms with van der Waals surface area (Å²) in [6.45, 7) is 3.04. The summed E-state index contributed by atoms with van der Waals surface area (Å²) in [5.74, 6) is 1.97. The molecular weight excluding hydrogens is 178 g/mol. The van der Waals surface area contributed by atoms with E-state index in [9.17, 15) is 0 Å². The van der Waals surface area contributed by atoms with Gasteiger partial charge in [-0.1, -0.05) is 19.1 Å². The summed E-state index contributed by atoms with van der Waals surface area (Å²) < 4.78 is 0. The van der Waals surface area contributed by atoms with E-state index >= 15 is 0 Å². The van der Waals surface area contributed by atoms with Crippen LogP contribution in [0.5, 0.6) is 0 Å². The minimum Gasteiger partial charge on any atom is -0.330 e. The lowest BCUT2D eigenvalue weighted by Gasteiger charge is -2.04. The zero-order valence-corrected chi connectivity index (χ0v) is 8.73. The summed E-state index contributed by atoms with van der Waals surface area (Å²) >= 11 is 1.98. The van der Waals surface area contributed by atoms with Crippen LogP contribution in [0.4, 0.5) is 0 Å². The number of benzene rings is 1. The molecule has 0 aliphatic carbocycles. The van der Waals surface area contributed by atoms with Crippen LogP contribution in [0, 0.1) is 0 Å². The molecule has 0 radical (unpaired) electrons. The highest BCUT2D eigenvalue weighted by Crippen LogP contribution is 2.39. The lowest BCUT2D eigenvalue weighted by Crippen LogP contribution is -2.02. The van der Waals surface area contributed by atoms with Crippen LogP contribution in [0.25, 0.3) is 0 Å². The second kappa shape index (κ2) is 3.72. The molecular formula is C11H15NS. The summed E-state index contributed by atoms with van der Waals surface area (Å²) in [5, 5.41) is 0. The summed E-state index contributed by atoms with van der Waals surface area (Å²) in [6, 6.07) is 6.79. The largest absolute Gasteiger partial charge is 0.330 e. The summed E-state index contributed by atoms with van der Waals surface area (Å²) in [5.41, 5.74) is 8.42. The third-order valence-corrected chi connectivity index (χ3v) is 3.86. The number of nitrogens with two attached hydrogens (primary N) is 1. The highest BCUT2D eigenvalue weighted by Gasteiger charge is 2.18. The average molecular weight is 193 g/mol. The lowest BCUT2D eigenvalue weighted by molar-refractivity contribution is 0.876. The normalized spacial score (nSPS) is 20.3. The average Bonchev–Trinajstić information content (AvgIpc) is 2.48. The Kier molecular flexibility index (Phi) is 2.61. The molecule has 2 heteroatoms. The number of hydrogen-bond acceptors (Lipinski definition) is 2. The fraction of sp³-hybridized carbons (Fsp3) is 0.455. The maximum absolute atomic E-state index is 5.53. The van der Waals surface area contributed by atoms with E-state index < -0.39 is 0 Å². The van der Waals surface area contributed by atoms with Crippen molar-refractivity contribution in [2.24, 2.45) is 5.73 Å². The number of thioether (sulfide) groups is 1. The van der Waals surface area contributed by atoms with Gasteiger partial charge in [0.15, 0.2) is 0 Å². The molecule has 0 spiro atoms. The Bertz CT molecular complexity index is 309. The predicted octanol–water partition coefficient (Wildman–Crippen LogP) is 2.40. The Morgan fingerprint density at radius 1 is 1.54 bits per heavy atom. The summed E-state index contributed by atoms with van der Waals surface area (Å²) in [6.07, 6.45) is 1.00. The van der Waals surface area contributed by atoms with Gasteiger partial charge in [0.1, 0.15) is 0 Å². The van der Waals surface area contributed by atoms with Crippen molar-refractivity contribution in [2.75, 3.05) is 12.3 Å². The number of fused-ring (bicyclic) bond motifs is 1. The molecule has 70 valence electrons. The standard InChI is InChI=1S/C11H15NS/c1-8-7-13-11-6-9(4-5-12)2-3-10(8)11/h2-3,6,8H,4-5,7,12H2,1H3. The molecule has 1 aromatic rings. The van der Waals surface area contributed by atoms with E-state index in [-0.39, 0.29) is 0 Å². The van der Waals surface area contributed by atoms with Gasteiger partial charge in [-0.05, 0) is 36.1 Å². The van der Waals surface area contributed by atoms with Crippen molar-refractivity contribution in [3.8, 4) is 0 Å². The van der Waals surface area contributed by atoms with Crippen LogP contribution in [0.2, 0.25) is 0 Å². The SMILES string of the molecule is CC1CSc2cc(CCN)ccc21. The zero-order chi connectivity index (χ0) is 9.26. The van der Waals surface area contributed by atoms with Crippen LogP contribution in [-0.4, -0.2) is 12.3 Å². The van der Waals surface area contributed by atoms with E-state index in [0.29, 0.717) is 0 Å². The van der Waals surface area contributed by atoms with Crippen LogP contribution in [0.15, 0.2) is 23.1 Å². The Hall–Kier alpha value is -0.470. The molecule has 0 saturated heterocycles. The van der Waals surface area contributed by atoms with E-state index in [1.54, 1.807) is 0 Å². The van der Waals surface area contributed by atoms with Gasteiger partial charge in [-0.15, -0.1) is 11.8 Å². The first-order valence-electron chi connectivity index (χ1n) is 4.77. The highest BCUT2D eigenvalue weighted by molar-refractivity contribution is 7.99. The minimum atomic E-state index is 0.729. The van der Waals surface area contributed by atoms with Crippen LogP contribution < -0.4 is 5.73 Å². The smallest absolute Gasteiger partial charge is 0.0110 e. The van der Waals surface area contributed by atoms with Crippen LogP contribution in [0.3, 0.4) is 0 Å². The molecule has 1 unspecified atom stereocenters. The third-order valence-electron chi connectivity index (χ3n) is 2.53. The van der Waals surface area contributed by atoms with Crippen molar-refractivity contribution in [1.29, 1.82) is 0 Å². The molecule has 2 rings (SSSR count). The Morgan fingerprint density at radius 2 is 2.38 bits per heavy atom. The van der Waals surface area contributed by atoms with Crippen molar-refractivity contribution in [1.82, 2.24) is 0 Å². The molecule has 1 nitrogen and oxygen atoms in total. The van der Waals surface area contributed by atoms with Gasteiger partial charge in [0, 0.05) is 10.6 Å². The molecule has 0 amide bonds. The van der Waals surface area contributed by atoms with Crippen molar-refractivity contribution in [2.45, 2.75) is 24.2 Å². The molecule has 1 aliphatic heterocycles. The van der Waals surface area contributed by atoms with E-state index in [4.69, 9.17) is 5.73 Å². The molecule has 0 fully saturated rings. The first-order valence-corrected chi connectivity index (χ1v) is 5.75. The first-order chi connectivity index (χ1) is 6.31. The van der Waals surface area contributed by atoms with Crippen LogP contribution >= 0.6 is 11.8 Å². The van der Waals surface area contributed by atoms with Gasteiger partial charge in [-0.25, -0.2) is 0 Å². The van der Waals surface area contributed by atoms with Crippen LogP contribution in [-0.2, 0) is 6.42 Å². The van der Waals surface area contributed by atoms with Crippen molar-refractivity contribution in [3.05, 3.63) is 29.3 Å². The molecule has 1 aromatic carbocycles. The molecule has 1 atom stereocenters. The van der Waals surface area contributed by atoms with Crippen molar-refractivity contribution < 1.29 is 0 Å². The maximum atomic E-state index is 5.53. The Labute approximate surface area is 83.7 Å². The lowest BCUT2D eigenvalue weighted by atomic mass is 10.0. The van der Waals surface area contributed by atoms with Gasteiger partial charge in [-0.3, -0.25) is 0 Å². The molecule has 13 heavy (non-hydrogen) atoms. The van der Waals surface area contributed by atoms with Gasteiger partial charge in [-0.2, -0.15) is 0 Å². The Morgan fingerprint density at radius 3 is 3.15 bits per heavy atom. The molecule has 1 aliphatic rings. The van der Waals surface area contributed by atoms with Gasteiger partial charge < -0.3 is 5.73 Å². The van der Waals surface area contributed by atoms with E-state index in [2.05, 4.69) is 25.1 Å². The van der Waals surface area contributed by atoms with Crippen molar-refractivity contribution >= 4 is 11.8 Å². The second-order valence-corrected chi connectivity index (χ2v) is 4.68. The van der Waals surface area contributed by atoms with E-state index in [0.717, 1.165) is 18.9 Å². The number of rotatable bonds is 2. The van der Waals surface area contributed by atoms with Gasteiger partial charge in [0.2, 0.25) is 0 Å². The fourth-order valence-corrected chi connectivity index (χ4v) is 3.02. The van der Waals surface area contributed by atoms with Crippen molar-refractivity contribution in [3.63, 3.8) is 0 Å². The Balaban J connectivity index is 2.29. The number of hydrogen-bond donors (Lipinski definition) is 1. The summed E-state index contributed by atoms with van der Waals surface area (Å²) in [7, 11) is 0.